The maximum atomic E-state index is 9.34. The third-order valence-electron chi connectivity index (χ3n) is 3.34. The number of nitrogens with one attached hydrogen (secondary N) is 1. The molecule has 1 aliphatic heterocycles. The topological polar surface area (TPSA) is 48.3 Å². The molecule has 1 saturated heterocycles. The minimum Gasteiger partial charge on any atom is -0.375 e. The van der Waals surface area contributed by atoms with Gasteiger partial charge in [0.2, 0.25) is 0 Å². The predicted octanol–water partition coefficient (Wildman–Crippen LogP) is 1.89. The third-order valence-corrected chi connectivity index (χ3v) is 3.34. The molecule has 0 saturated carbocycles. The molecular weight excluding hydrogens is 238 g/mol. The van der Waals surface area contributed by atoms with Crippen LogP contribution in [-0.2, 0) is 11.3 Å². The SMILES string of the molecule is CCNCc1ccc(N2CCOC(C)C2)c(C#N)c1. The lowest BCUT2D eigenvalue weighted by molar-refractivity contribution is 0.0532. The molecule has 4 heteroatoms. The Morgan fingerprint density at radius 3 is 3.05 bits per heavy atom. The summed E-state index contributed by atoms with van der Waals surface area (Å²) in [5.41, 5.74) is 2.94. The number of hydrogen-bond acceptors (Lipinski definition) is 4. The Hall–Kier alpha value is -1.57. The van der Waals surface area contributed by atoms with Crippen molar-refractivity contribution >= 4 is 5.69 Å². The Kier molecular flexibility index (Phi) is 4.78. The Balaban J connectivity index is 2.18. The van der Waals surface area contributed by atoms with E-state index in [9.17, 15) is 5.26 Å². The molecule has 19 heavy (non-hydrogen) atoms. The summed E-state index contributed by atoms with van der Waals surface area (Å²) in [5.74, 6) is 0. The first-order valence-electron chi connectivity index (χ1n) is 6.85. The van der Waals surface area contributed by atoms with Crippen molar-refractivity contribution in [3.05, 3.63) is 29.3 Å². The molecule has 2 rings (SSSR count). The molecule has 1 heterocycles. The second kappa shape index (κ2) is 6.55. The van der Waals surface area contributed by atoms with Crippen molar-refractivity contribution in [1.29, 1.82) is 5.26 Å². The van der Waals surface area contributed by atoms with Crippen molar-refractivity contribution in [3.63, 3.8) is 0 Å². The highest BCUT2D eigenvalue weighted by Gasteiger charge is 2.19. The van der Waals surface area contributed by atoms with Gasteiger partial charge in [-0.25, -0.2) is 0 Å². The fraction of sp³-hybridized carbons (Fsp3) is 0.533. The van der Waals surface area contributed by atoms with Crippen LogP contribution < -0.4 is 10.2 Å². The number of anilines is 1. The molecule has 0 aliphatic carbocycles. The summed E-state index contributed by atoms with van der Waals surface area (Å²) < 4.78 is 5.55. The van der Waals surface area contributed by atoms with Crippen LogP contribution in [0, 0.1) is 11.3 Å². The van der Waals surface area contributed by atoms with Crippen LogP contribution in [-0.4, -0.2) is 32.3 Å². The van der Waals surface area contributed by atoms with E-state index < -0.39 is 0 Å². The quantitative estimate of drug-likeness (QED) is 0.897. The largest absolute Gasteiger partial charge is 0.375 e. The molecule has 4 nitrogen and oxygen atoms in total. The average molecular weight is 259 g/mol. The van der Waals surface area contributed by atoms with Crippen LogP contribution in [0.1, 0.15) is 25.0 Å². The smallest absolute Gasteiger partial charge is 0.101 e. The number of rotatable bonds is 4. The fourth-order valence-electron chi connectivity index (χ4n) is 2.37. The van der Waals surface area contributed by atoms with E-state index in [2.05, 4.69) is 42.3 Å². The second-order valence-corrected chi connectivity index (χ2v) is 4.87. The van der Waals surface area contributed by atoms with Crippen molar-refractivity contribution in [3.8, 4) is 6.07 Å². The van der Waals surface area contributed by atoms with Crippen molar-refractivity contribution < 1.29 is 4.74 Å². The van der Waals surface area contributed by atoms with Crippen molar-refractivity contribution in [2.45, 2.75) is 26.5 Å². The minimum absolute atomic E-state index is 0.224. The summed E-state index contributed by atoms with van der Waals surface area (Å²) >= 11 is 0. The molecule has 1 atom stereocenters. The lowest BCUT2D eigenvalue weighted by Crippen LogP contribution is -2.41. The Morgan fingerprint density at radius 2 is 2.37 bits per heavy atom. The summed E-state index contributed by atoms with van der Waals surface area (Å²) in [6.45, 7) is 8.32. The summed E-state index contributed by atoms with van der Waals surface area (Å²) in [7, 11) is 0. The molecule has 1 aromatic carbocycles. The van der Waals surface area contributed by atoms with Crippen LogP contribution in [0.5, 0.6) is 0 Å². The molecular formula is C15H21N3O. The number of benzene rings is 1. The van der Waals surface area contributed by atoms with Gasteiger partial charge in [-0.15, -0.1) is 0 Å². The van der Waals surface area contributed by atoms with Crippen molar-refractivity contribution in [1.82, 2.24) is 5.32 Å². The molecule has 0 aromatic heterocycles. The van der Waals surface area contributed by atoms with Gasteiger partial charge in [-0.05, 0) is 31.2 Å². The van der Waals surface area contributed by atoms with Crippen molar-refractivity contribution in [2.75, 3.05) is 31.1 Å². The molecule has 1 unspecified atom stereocenters. The Bertz CT molecular complexity index is 467. The third kappa shape index (κ3) is 3.46. The number of nitriles is 1. The average Bonchev–Trinajstić information content (AvgIpc) is 2.44. The maximum Gasteiger partial charge on any atom is 0.101 e. The highest BCUT2D eigenvalue weighted by molar-refractivity contribution is 5.60. The number of nitrogens with zero attached hydrogens (tertiary/aromatic N) is 2. The van der Waals surface area contributed by atoms with E-state index in [0.717, 1.165) is 49.6 Å². The predicted molar refractivity (Wildman–Crippen MR) is 76.2 cm³/mol. The number of ether oxygens (including phenoxy) is 1. The van der Waals surface area contributed by atoms with E-state index >= 15 is 0 Å². The van der Waals surface area contributed by atoms with Gasteiger partial charge in [0.1, 0.15) is 6.07 Å². The van der Waals surface area contributed by atoms with Gasteiger partial charge in [0, 0.05) is 19.6 Å². The van der Waals surface area contributed by atoms with E-state index in [1.165, 1.54) is 0 Å². The first-order valence-corrected chi connectivity index (χ1v) is 6.85. The van der Waals surface area contributed by atoms with Crippen LogP contribution in [0.3, 0.4) is 0 Å². The molecule has 0 bridgehead atoms. The van der Waals surface area contributed by atoms with Gasteiger partial charge in [-0.1, -0.05) is 13.0 Å². The van der Waals surface area contributed by atoms with Crippen LogP contribution in [0.25, 0.3) is 0 Å². The highest BCUT2D eigenvalue weighted by Crippen LogP contribution is 2.23. The lowest BCUT2D eigenvalue weighted by atomic mass is 10.1. The summed E-state index contributed by atoms with van der Waals surface area (Å²) in [6.07, 6.45) is 0.224. The van der Waals surface area contributed by atoms with Gasteiger partial charge in [0.25, 0.3) is 0 Å². The van der Waals surface area contributed by atoms with E-state index in [-0.39, 0.29) is 6.10 Å². The molecule has 0 amide bonds. The van der Waals surface area contributed by atoms with E-state index in [1.807, 2.05) is 6.07 Å². The van der Waals surface area contributed by atoms with Gasteiger partial charge in [-0.3, -0.25) is 0 Å². The summed E-state index contributed by atoms with van der Waals surface area (Å²) in [5, 5.41) is 12.6. The molecule has 1 N–H and O–H groups in total. The lowest BCUT2D eigenvalue weighted by Gasteiger charge is -2.33. The van der Waals surface area contributed by atoms with E-state index in [0.29, 0.717) is 0 Å². The van der Waals surface area contributed by atoms with Crippen LogP contribution in [0.2, 0.25) is 0 Å². The monoisotopic (exact) mass is 259 g/mol. The van der Waals surface area contributed by atoms with Gasteiger partial charge in [0.05, 0.1) is 24.0 Å². The van der Waals surface area contributed by atoms with E-state index in [1.54, 1.807) is 0 Å². The van der Waals surface area contributed by atoms with Gasteiger partial charge >= 0.3 is 0 Å². The molecule has 102 valence electrons. The molecule has 1 fully saturated rings. The molecule has 1 aromatic rings. The zero-order chi connectivity index (χ0) is 13.7. The first kappa shape index (κ1) is 13.9. The molecule has 0 radical (unpaired) electrons. The van der Waals surface area contributed by atoms with Gasteiger partial charge in [0.15, 0.2) is 0 Å². The maximum absolute atomic E-state index is 9.34. The van der Waals surface area contributed by atoms with E-state index in [4.69, 9.17) is 4.74 Å². The number of morpholine rings is 1. The van der Waals surface area contributed by atoms with Crippen LogP contribution >= 0.6 is 0 Å². The first-order chi connectivity index (χ1) is 9.24. The number of hydrogen-bond donors (Lipinski definition) is 1. The highest BCUT2D eigenvalue weighted by atomic mass is 16.5. The Morgan fingerprint density at radius 1 is 1.53 bits per heavy atom. The zero-order valence-corrected chi connectivity index (χ0v) is 11.6. The Labute approximate surface area is 115 Å². The molecule has 0 spiro atoms. The van der Waals surface area contributed by atoms with Gasteiger partial charge < -0.3 is 15.0 Å². The van der Waals surface area contributed by atoms with Crippen LogP contribution in [0.15, 0.2) is 18.2 Å². The van der Waals surface area contributed by atoms with Gasteiger partial charge in [-0.2, -0.15) is 5.26 Å². The molecule has 1 aliphatic rings. The zero-order valence-electron chi connectivity index (χ0n) is 11.6. The summed E-state index contributed by atoms with van der Waals surface area (Å²) in [4.78, 5) is 2.24. The van der Waals surface area contributed by atoms with Crippen molar-refractivity contribution in [2.24, 2.45) is 0 Å². The minimum atomic E-state index is 0.224. The fourth-order valence-corrected chi connectivity index (χ4v) is 2.37. The van der Waals surface area contributed by atoms with Crippen LogP contribution in [0.4, 0.5) is 5.69 Å². The standard InChI is InChI=1S/C15H21N3O/c1-3-17-10-13-4-5-15(14(8-13)9-16)18-6-7-19-12(2)11-18/h4-5,8,12,17H,3,6-7,10-11H2,1-2H3. The second-order valence-electron chi connectivity index (χ2n) is 4.87. The normalized spacial score (nSPS) is 19.2. The summed E-state index contributed by atoms with van der Waals surface area (Å²) in [6, 6.07) is 8.45.